The largest absolute Gasteiger partial charge is 0.351 e. The summed E-state index contributed by atoms with van der Waals surface area (Å²) in [6, 6.07) is 17.2. The molecule has 24 heavy (non-hydrogen) atoms. The highest BCUT2D eigenvalue weighted by Crippen LogP contribution is 2.30. The number of carbonyl (C=O) groups excluding carboxylic acids is 2. The summed E-state index contributed by atoms with van der Waals surface area (Å²) in [4.78, 5) is 24.2. The van der Waals surface area contributed by atoms with Gasteiger partial charge in [-0.2, -0.15) is 0 Å². The Morgan fingerprint density at radius 1 is 1.08 bits per heavy atom. The number of anilines is 1. The lowest BCUT2D eigenvalue weighted by Crippen LogP contribution is -2.27. The summed E-state index contributed by atoms with van der Waals surface area (Å²) in [6.45, 7) is 2.66. The molecular formula is C20H22N2O2. The van der Waals surface area contributed by atoms with Gasteiger partial charge in [-0.1, -0.05) is 43.3 Å². The third-order valence-electron chi connectivity index (χ3n) is 4.28. The van der Waals surface area contributed by atoms with E-state index in [1.807, 2.05) is 24.3 Å². The van der Waals surface area contributed by atoms with Crippen molar-refractivity contribution in [3.05, 3.63) is 65.7 Å². The van der Waals surface area contributed by atoms with Crippen LogP contribution in [0.25, 0.3) is 0 Å². The van der Waals surface area contributed by atoms with Crippen LogP contribution in [-0.2, 0) is 4.79 Å². The fraction of sp³-hybridized carbons (Fsp3) is 0.300. The molecule has 0 unspecified atom stereocenters. The molecule has 0 saturated heterocycles. The van der Waals surface area contributed by atoms with E-state index in [0.717, 1.165) is 12.8 Å². The molecule has 2 amide bonds. The Morgan fingerprint density at radius 2 is 1.83 bits per heavy atom. The molecule has 1 saturated carbocycles. The van der Waals surface area contributed by atoms with Gasteiger partial charge in [0.1, 0.15) is 0 Å². The Hall–Kier alpha value is -2.62. The van der Waals surface area contributed by atoms with Crippen molar-refractivity contribution in [3.63, 3.8) is 0 Å². The summed E-state index contributed by atoms with van der Waals surface area (Å²) < 4.78 is 0. The van der Waals surface area contributed by atoms with E-state index in [1.54, 1.807) is 18.2 Å². The van der Waals surface area contributed by atoms with Gasteiger partial charge in [-0.15, -0.1) is 0 Å². The molecule has 1 atom stereocenters. The van der Waals surface area contributed by atoms with Crippen LogP contribution >= 0.6 is 0 Å². The van der Waals surface area contributed by atoms with E-state index in [1.165, 1.54) is 5.56 Å². The topological polar surface area (TPSA) is 58.2 Å². The first-order valence-corrected chi connectivity index (χ1v) is 8.37. The van der Waals surface area contributed by atoms with Crippen LogP contribution in [0.15, 0.2) is 54.6 Å². The lowest BCUT2D eigenvalue weighted by atomic mass is 10.0. The molecular weight excluding hydrogens is 300 g/mol. The molecule has 1 aliphatic carbocycles. The number of amides is 2. The fourth-order valence-electron chi connectivity index (χ4n) is 2.58. The van der Waals surface area contributed by atoms with Gasteiger partial charge < -0.3 is 10.6 Å². The number of hydrogen-bond acceptors (Lipinski definition) is 2. The lowest BCUT2D eigenvalue weighted by molar-refractivity contribution is -0.117. The molecule has 4 nitrogen and oxygen atoms in total. The van der Waals surface area contributed by atoms with E-state index in [9.17, 15) is 9.59 Å². The normalized spacial score (nSPS) is 14.7. The van der Waals surface area contributed by atoms with Gasteiger partial charge in [0.05, 0.1) is 0 Å². The Morgan fingerprint density at radius 3 is 2.54 bits per heavy atom. The van der Waals surface area contributed by atoms with Crippen molar-refractivity contribution in [2.75, 3.05) is 11.9 Å². The Bertz CT molecular complexity index is 723. The third kappa shape index (κ3) is 4.22. The van der Waals surface area contributed by atoms with Gasteiger partial charge in [-0.25, -0.2) is 0 Å². The molecule has 2 aromatic rings. The van der Waals surface area contributed by atoms with E-state index < -0.39 is 0 Å². The van der Waals surface area contributed by atoms with E-state index in [2.05, 4.69) is 29.7 Å². The first-order chi connectivity index (χ1) is 11.6. The Labute approximate surface area is 142 Å². The summed E-state index contributed by atoms with van der Waals surface area (Å²) in [6.07, 6.45) is 1.92. The molecule has 0 radical (unpaired) electrons. The molecule has 124 valence electrons. The van der Waals surface area contributed by atoms with Crippen molar-refractivity contribution in [2.45, 2.75) is 25.7 Å². The fourth-order valence-corrected chi connectivity index (χ4v) is 2.58. The van der Waals surface area contributed by atoms with Gasteiger partial charge in [0.25, 0.3) is 5.91 Å². The second-order valence-corrected chi connectivity index (χ2v) is 6.37. The summed E-state index contributed by atoms with van der Waals surface area (Å²) in [5.74, 6) is 0.313. The number of nitrogens with one attached hydrogen (secondary N) is 2. The lowest BCUT2D eigenvalue weighted by Gasteiger charge is -2.13. The Kier molecular flexibility index (Phi) is 4.94. The van der Waals surface area contributed by atoms with Crippen molar-refractivity contribution in [3.8, 4) is 0 Å². The summed E-state index contributed by atoms with van der Waals surface area (Å²) in [5, 5.41) is 5.83. The molecule has 0 bridgehead atoms. The predicted molar refractivity (Wildman–Crippen MR) is 95.0 cm³/mol. The second-order valence-electron chi connectivity index (χ2n) is 6.37. The highest BCUT2D eigenvalue weighted by molar-refractivity contribution is 5.98. The highest BCUT2D eigenvalue weighted by Gasteiger charge is 2.29. The molecule has 4 heteroatoms. The van der Waals surface area contributed by atoms with Crippen LogP contribution < -0.4 is 10.6 Å². The van der Waals surface area contributed by atoms with Crippen LogP contribution in [0, 0.1) is 5.92 Å². The van der Waals surface area contributed by atoms with Gasteiger partial charge >= 0.3 is 0 Å². The average Bonchev–Trinajstić information content (AvgIpc) is 3.45. The van der Waals surface area contributed by atoms with E-state index >= 15 is 0 Å². The number of hydrogen-bond donors (Lipinski definition) is 2. The van der Waals surface area contributed by atoms with Crippen molar-refractivity contribution in [2.24, 2.45) is 5.92 Å². The van der Waals surface area contributed by atoms with Crippen LogP contribution in [0.5, 0.6) is 0 Å². The SMILES string of the molecule is C[C@H](CNC(=O)c1cccc(NC(=O)C2CC2)c1)c1ccccc1. The zero-order valence-corrected chi connectivity index (χ0v) is 13.8. The van der Waals surface area contributed by atoms with Gasteiger partial charge in [0.15, 0.2) is 0 Å². The highest BCUT2D eigenvalue weighted by atomic mass is 16.2. The van der Waals surface area contributed by atoms with Gasteiger partial charge in [-0.3, -0.25) is 9.59 Å². The first kappa shape index (κ1) is 16.2. The van der Waals surface area contributed by atoms with Crippen molar-refractivity contribution >= 4 is 17.5 Å². The van der Waals surface area contributed by atoms with Gasteiger partial charge in [-0.05, 0) is 42.5 Å². The van der Waals surface area contributed by atoms with E-state index in [0.29, 0.717) is 17.8 Å². The van der Waals surface area contributed by atoms with Crippen LogP contribution in [0.2, 0.25) is 0 Å². The maximum Gasteiger partial charge on any atom is 0.251 e. The van der Waals surface area contributed by atoms with Gasteiger partial charge in [0, 0.05) is 23.7 Å². The van der Waals surface area contributed by atoms with Crippen LogP contribution in [-0.4, -0.2) is 18.4 Å². The first-order valence-electron chi connectivity index (χ1n) is 8.37. The van der Waals surface area contributed by atoms with E-state index in [-0.39, 0.29) is 23.7 Å². The molecule has 0 heterocycles. The maximum absolute atomic E-state index is 12.3. The second kappa shape index (κ2) is 7.30. The summed E-state index contributed by atoms with van der Waals surface area (Å²) >= 11 is 0. The standard InChI is InChI=1S/C20H22N2O2/c1-14(15-6-3-2-4-7-15)13-21-19(23)17-8-5-9-18(12-17)22-20(24)16-10-11-16/h2-9,12,14,16H,10-11,13H2,1H3,(H,21,23)(H,22,24)/t14-/m1/s1. The number of rotatable bonds is 6. The molecule has 0 aromatic heterocycles. The van der Waals surface area contributed by atoms with Crippen LogP contribution in [0.1, 0.15) is 41.6 Å². The molecule has 1 aliphatic rings. The molecule has 1 fully saturated rings. The van der Waals surface area contributed by atoms with Crippen molar-refractivity contribution in [1.29, 1.82) is 0 Å². The molecule has 3 rings (SSSR count). The average molecular weight is 322 g/mol. The molecule has 2 aromatic carbocycles. The smallest absolute Gasteiger partial charge is 0.251 e. The van der Waals surface area contributed by atoms with E-state index in [4.69, 9.17) is 0 Å². The minimum absolute atomic E-state index is 0.0465. The zero-order chi connectivity index (χ0) is 16.9. The predicted octanol–water partition coefficient (Wildman–Crippen LogP) is 3.57. The maximum atomic E-state index is 12.3. The van der Waals surface area contributed by atoms with Crippen molar-refractivity contribution in [1.82, 2.24) is 5.32 Å². The molecule has 0 spiro atoms. The minimum atomic E-state index is -0.125. The van der Waals surface area contributed by atoms with Crippen LogP contribution in [0.4, 0.5) is 5.69 Å². The summed E-state index contributed by atoms with van der Waals surface area (Å²) in [7, 11) is 0. The molecule has 0 aliphatic heterocycles. The third-order valence-corrected chi connectivity index (χ3v) is 4.28. The monoisotopic (exact) mass is 322 g/mol. The minimum Gasteiger partial charge on any atom is -0.351 e. The zero-order valence-electron chi connectivity index (χ0n) is 13.8. The quantitative estimate of drug-likeness (QED) is 0.854. The van der Waals surface area contributed by atoms with Gasteiger partial charge in [0.2, 0.25) is 5.91 Å². The Balaban J connectivity index is 1.57. The number of benzene rings is 2. The summed E-state index contributed by atoms with van der Waals surface area (Å²) in [5.41, 5.74) is 2.43. The van der Waals surface area contributed by atoms with Crippen molar-refractivity contribution < 1.29 is 9.59 Å². The van der Waals surface area contributed by atoms with Crippen LogP contribution in [0.3, 0.4) is 0 Å². The number of carbonyl (C=O) groups is 2. The molecule has 2 N–H and O–H groups in total.